The van der Waals surface area contributed by atoms with Crippen molar-refractivity contribution in [2.24, 2.45) is 11.8 Å². The Bertz CT molecular complexity index is 580. The Morgan fingerprint density at radius 3 is 2.68 bits per heavy atom. The third-order valence-corrected chi connectivity index (χ3v) is 4.29. The Morgan fingerprint density at radius 1 is 1.21 bits per heavy atom. The smallest absolute Gasteiger partial charge is 0.333 e. The molecule has 0 bridgehead atoms. The minimum absolute atomic E-state index is 0.000390. The number of hydrogen-bond acceptors (Lipinski definition) is 3. The van der Waals surface area contributed by atoms with Crippen molar-refractivity contribution in [2.75, 3.05) is 6.54 Å². The molecule has 0 N–H and O–H groups in total. The molecule has 0 atom stereocenters. The maximum atomic E-state index is 12.2. The molecule has 3 aliphatic rings. The van der Waals surface area contributed by atoms with Gasteiger partial charge < -0.3 is 4.90 Å². The SMILES string of the molecule is O=C(C1CC1)N1CCn2c(nn(CC3CC3)c2=O)C1. The first-order chi connectivity index (χ1) is 9.22. The van der Waals surface area contributed by atoms with Crippen LogP contribution in [0.5, 0.6) is 0 Å². The van der Waals surface area contributed by atoms with Crippen LogP contribution in [0.4, 0.5) is 0 Å². The van der Waals surface area contributed by atoms with Crippen LogP contribution in [0.25, 0.3) is 0 Å². The molecule has 0 radical (unpaired) electrons. The zero-order valence-electron chi connectivity index (χ0n) is 10.9. The van der Waals surface area contributed by atoms with Crippen molar-refractivity contribution in [2.45, 2.75) is 45.3 Å². The summed E-state index contributed by atoms with van der Waals surface area (Å²) in [6.45, 7) is 2.49. The van der Waals surface area contributed by atoms with Crippen LogP contribution < -0.4 is 5.69 Å². The fraction of sp³-hybridized carbons (Fsp3) is 0.769. The number of carbonyl (C=O) groups is 1. The molecule has 2 heterocycles. The van der Waals surface area contributed by atoms with E-state index in [1.807, 2.05) is 4.90 Å². The van der Waals surface area contributed by atoms with Gasteiger partial charge in [0.2, 0.25) is 5.91 Å². The molecule has 0 aromatic carbocycles. The number of nitrogens with zero attached hydrogens (tertiary/aromatic N) is 4. The highest BCUT2D eigenvalue weighted by molar-refractivity contribution is 5.81. The van der Waals surface area contributed by atoms with E-state index < -0.39 is 0 Å². The first-order valence-corrected chi connectivity index (χ1v) is 7.17. The van der Waals surface area contributed by atoms with Gasteiger partial charge in [-0.25, -0.2) is 9.48 Å². The Hall–Kier alpha value is -1.59. The highest BCUT2D eigenvalue weighted by Crippen LogP contribution is 2.32. The molecule has 1 amide bonds. The Labute approximate surface area is 111 Å². The van der Waals surface area contributed by atoms with E-state index in [4.69, 9.17) is 0 Å². The number of amides is 1. The number of fused-ring (bicyclic) bond motifs is 1. The third-order valence-electron chi connectivity index (χ3n) is 4.29. The summed E-state index contributed by atoms with van der Waals surface area (Å²) in [7, 11) is 0. The molecular formula is C13H18N4O2. The number of rotatable bonds is 3. The van der Waals surface area contributed by atoms with Crippen LogP contribution in [0.2, 0.25) is 0 Å². The van der Waals surface area contributed by atoms with Crippen LogP contribution in [0, 0.1) is 11.8 Å². The van der Waals surface area contributed by atoms with Crippen molar-refractivity contribution >= 4 is 5.91 Å². The maximum absolute atomic E-state index is 12.2. The lowest BCUT2D eigenvalue weighted by Gasteiger charge is -2.26. The molecule has 2 aliphatic carbocycles. The van der Waals surface area contributed by atoms with E-state index in [1.165, 1.54) is 12.8 Å². The zero-order chi connectivity index (χ0) is 13.0. The van der Waals surface area contributed by atoms with Gasteiger partial charge in [-0.15, -0.1) is 0 Å². The summed E-state index contributed by atoms with van der Waals surface area (Å²) in [4.78, 5) is 26.1. The average Bonchev–Trinajstić information content (AvgIpc) is 3.29. The van der Waals surface area contributed by atoms with Crippen LogP contribution >= 0.6 is 0 Å². The molecular weight excluding hydrogens is 244 g/mol. The van der Waals surface area contributed by atoms with Gasteiger partial charge >= 0.3 is 5.69 Å². The highest BCUT2D eigenvalue weighted by atomic mass is 16.2. The Balaban J connectivity index is 1.56. The zero-order valence-corrected chi connectivity index (χ0v) is 10.9. The predicted octanol–water partition coefficient (Wildman–Crippen LogP) is 0.207. The van der Waals surface area contributed by atoms with Crippen molar-refractivity contribution in [3.63, 3.8) is 0 Å². The monoisotopic (exact) mass is 262 g/mol. The lowest BCUT2D eigenvalue weighted by Crippen LogP contribution is -2.41. The van der Waals surface area contributed by atoms with E-state index in [-0.39, 0.29) is 17.5 Å². The van der Waals surface area contributed by atoms with Crippen molar-refractivity contribution in [3.05, 3.63) is 16.3 Å². The van der Waals surface area contributed by atoms with Crippen molar-refractivity contribution < 1.29 is 4.79 Å². The van der Waals surface area contributed by atoms with Crippen molar-refractivity contribution in [3.8, 4) is 0 Å². The standard InChI is InChI=1S/C13H18N4O2/c18-12(10-3-4-10)15-5-6-16-11(8-15)14-17(13(16)19)7-9-1-2-9/h9-10H,1-8H2. The molecule has 0 spiro atoms. The fourth-order valence-corrected chi connectivity index (χ4v) is 2.74. The summed E-state index contributed by atoms with van der Waals surface area (Å²) in [6, 6.07) is 0. The summed E-state index contributed by atoms with van der Waals surface area (Å²) in [5.41, 5.74) is 0.000390. The predicted molar refractivity (Wildman–Crippen MR) is 67.4 cm³/mol. The van der Waals surface area contributed by atoms with Crippen LogP contribution in [-0.4, -0.2) is 31.7 Å². The van der Waals surface area contributed by atoms with Gasteiger partial charge in [0.05, 0.1) is 6.54 Å². The summed E-state index contributed by atoms with van der Waals surface area (Å²) in [6.07, 6.45) is 4.47. The molecule has 4 rings (SSSR count). The van der Waals surface area contributed by atoms with Gasteiger partial charge in [-0.3, -0.25) is 9.36 Å². The second-order valence-electron chi connectivity index (χ2n) is 6.01. The summed E-state index contributed by atoms with van der Waals surface area (Å²) >= 11 is 0. The normalized spacial score (nSPS) is 22.4. The molecule has 2 fully saturated rings. The van der Waals surface area contributed by atoms with Crippen molar-refractivity contribution in [1.82, 2.24) is 19.2 Å². The topological polar surface area (TPSA) is 60.1 Å². The van der Waals surface area contributed by atoms with Crippen molar-refractivity contribution in [1.29, 1.82) is 0 Å². The largest absolute Gasteiger partial charge is 0.346 e. The maximum Gasteiger partial charge on any atom is 0.346 e. The van der Waals surface area contributed by atoms with E-state index >= 15 is 0 Å². The molecule has 19 heavy (non-hydrogen) atoms. The van der Waals surface area contributed by atoms with E-state index in [0.29, 0.717) is 25.6 Å². The molecule has 6 nitrogen and oxygen atoms in total. The van der Waals surface area contributed by atoms with Gasteiger partial charge in [0.1, 0.15) is 0 Å². The molecule has 0 unspecified atom stereocenters. The third kappa shape index (κ3) is 1.99. The van der Waals surface area contributed by atoms with Crippen LogP contribution in [0.3, 0.4) is 0 Å². The molecule has 1 aliphatic heterocycles. The van der Waals surface area contributed by atoms with Gasteiger partial charge in [-0.05, 0) is 31.6 Å². The van der Waals surface area contributed by atoms with E-state index in [0.717, 1.165) is 25.2 Å². The second-order valence-corrected chi connectivity index (χ2v) is 6.01. The molecule has 0 saturated heterocycles. The second kappa shape index (κ2) is 3.95. The molecule has 1 aromatic heterocycles. The average molecular weight is 262 g/mol. The summed E-state index contributed by atoms with van der Waals surface area (Å²) in [5, 5.41) is 4.42. The van der Waals surface area contributed by atoms with Gasteiger partial charge in [0, 0.05) is 25.6 Å². The molecule has 1 aromatic rings. The Morgan fingerprint density at radius 2 is 2.00 bits per heavy atom. The molecule has 102 valence electrons. The van der Waals surface area contributed by atoms with Gasteiger partial charge in [0.25, 0.3) is 0 Å². The first-order valence-electron chi connectivity index (χ1n) is 7.17. The number of aromatic nitrogens is 3. The van der Waals surface area contributed by atoms with E-state index in [9.17, 15) is 9.59 Å². The lowest BCUT2D eigenvalue weighted by atomic mass is 10.3. The van der Waals surface area contributed by atoms with Gasteiger partial charge in [-0.1, -0.05) is 0 Å². The van der Waals surface area contributed by atoms with E-state index in [2.05, 4.69) is 5.10 Å². The minimum Gasteiger partial charge on any atom is -0.333 e. The van der Waals surface area contributed by atoms with Crippen LogP contribution in [0.1, 0.15) is 31.5 Å². The minimum atomic E-state index is 0.000390. The quantitative estimate of drug-likeness (QED) is 0.782. The fourth-order valence-electron chi connectivity index (χ4n) is 2.74. The summed E-state index contributed by atoms with van der Waals surface area (Å²) in [5.74, 6) is 1.88. The lowest BCUT2D eigenvalue weighted by molar-refractivity contribution is -0.134. The molecule has 2 saturated carbocycles. The summed E-state index contributed by atoms with van der Waals surface area (Å²) < 4.78 is 3.33. The number of carbonyl (C=O) groups excluding carboxylic acids is 1. The highest BCUT2D eigenvalue weighted by Gasteiger charge is 2.35. The van der Waals surface area contributed by atoms with Gasteiger partial charge in [-0.2, -0.15) is 5.10 Å². The first kappa shape index (κ1) is 11.3. The van der Waals surface area contributed by atoms with Gasteiger partial charge in [0.15, 0.2) is 5.82 Å². The van der Waals surface area contributed by atoms with Crippen LogP contribution in [0.15, 0.2) is 4.79 Å². The Kier molecular flexibility index (Phi) is 2.34. The van der Waals surface area contributed by atoms with E-state index in [1.54, 1.807) is 9.25 Å². The number of hydrogen-bond donors (Lipinski definition) is 0. The van der Waals surface area contributed by atoms with Crippen LogP contribution in [-0.2, 0) is 24.4 Å². The molecule has 6 heteroatoms.